The van der Waals surface area contributed by atoms with Gasteiger partial charge in [0.05, 0.1) is 12.1 Å². The van der Waals surface area contributed by atoms with Gasteiger partial charge in [0.15, 0.2) is 0 Å². The predicted molar refractivity (Wildman–Crippen MR) is 49.7 cm³/mol. The van der Waals surface area contributed by atoms with Crippen molar-refractivity contribution in [2.45, 2.75) is 37.7 Å². The molecule has 0 aromatic rings. The summed E-state index contributed by atoms with van der Waals surface area (Å²) in [6.07, 6.45) is -1.94. The van der Waals surface area contributed by atoms with Crippen molar-refractivity contribution in [2.24, 2.45) is 0 Å². The Balaban J connectivity index is 2.71. The van der Waals surface area contributed by atoms with Crippen molar-refractivity contribution in [1.29, 1.82) is 0 Å². The van der Waals surface area contributed by atoms with Crippen LogP contribution in [0.5, 0.6) is 0 Å². The lowest BCUT2D eigenvalue weighted by Gasteiger charge is -2.41. The summed E-state index contributed by atoms with van der Waals surface area (Å²) in [5.41, 5.74) is 0. The van der Waals surface area contributed by atoms with E-state index < -0.39 is 24.4 Å². The van der Waals surface area contributed by atoms with Crippen LogP contribution in [0.25, 0.3) is 0 Å². The van der Waals surface area contributed by atoms with Gasteiger partial charge in [0.2, 0.25) is 0 Å². The predicted octanol–water partition coefficient (Wildman–Crippen LogP) is -1.64. The average molecular weight is 203 g/mol. The number of nitrogens with zero attached hydrogens (tertiary/aromatic N) is 1. The Bertz CT molecular complexity index is 199. The number of piperidine rings is 1. The molecule has 0 radical (unpaired) electrons. The first kappa shape index (κ1) is 11.6. The van der Waals surface area contributed by atoms with E-state index in [4.69, 9.17) is 0 Å². The third-order valence-corrected chi connectivity index (χ3v) is 2.59. The number of carbonyl (C=O) groups excluding carboxylic acids is 1. The van der Waals surface area contributed by atoms with Gasteiger partial charge in [-0.25, -0.2) is 0 Å². The van der Waals surface area contributed by atoms with Crippen LogP contribution < -0.4 is 0 Å². The quantitative estimate of drug-likeness (QED) is 0.479. The van der Waals surface area contributed by atoms with E-state index >= 15 is 0 Å². The van der Waals surface area contributed by atoms with Crippen LogP contribution in [0.3, 0.4) is 0 Å². The highest BCUT2D eigenvalue weighted by atomic mass is 16.4. The molecule has 1 saturated heterocycles. The summed E-state index contributed by atoms with van der Waals surface area (Å²) in [7, 11) is 0. The molecule has 0 amide bonds. The molecule has 0 spiro atoms. The van der Waals surface area contributed by atoms with E-state index in [0.29, 0.717) is 12.8 Å². The Hall–Kier alpha value is -0.490. The van der Waals surface area contributed by atoms with E-state index in [0.717, 1.165) is 6.42 Å². The Morgan fingerprint density at radius 3 is 2.50 bits per heavy atom. The molecule has 4 atom stereocenters. The van der Waals surface area contributed by atoms with Crippen LogP contribution in [0.15, 0.2) is 0 Å². The second kappa shape index (κ2) is 4.84. The minimum atomic E-state index is -1.22. The monoisotopic (exact) mass is 203 g/mol. The minimum absolute atomic E-state index is 0.232. The van der Waals surface area contributed by atoms with Crippen LogP contribution >= 0.6 is 0 Å². The first-order chi connectivity index (χ1) is 6.61. The van der Waals surface area contributed by atoms with Gasteiger partial charge in [0, 0.05) is 6.54 Å². The van der Waals surface area contributed by atoms with E-state index in [2.05, 4.69) is 0 Å². The second-order valence-corrected chi connectivity index (χ2v) is 3.67. The molecule has 1 heterocycles. The highest BCUT2D eigenvalue weighted by Gasteiger charge is 2.40. The van der Waals surface area contributed by atoms with Crippen molar-refractivity contribution >= 4 is 6.29 Å². The maximum absolute atomic E-state index is 10.7. The van der Waals surface area contributed by atoms with Crippen molar-refractivity contribution in [3.63, 3.8) is 0 Å². The number of aliphatic hydroxyl groups excluding tert-OH is 3. The van der Waals surface area contributed by atoms with Gasteiger partial charge in [-0.05, 0) is 13.0 Å². The fourth-order valence-electron chi connectivity index (χ4n) is 1.81. The maximum Gasteiger partial charge on any atom is 0.139 e. The number of likely N-dealkylation sites (tertiary alicyclic amines) is 1. The maximum atomic E-state index is 10.7. The van der Waals surface area contributed by atoms with E-state index in [1.165, 1.54) is 0 Å². The van der Waals surface area contributed by atoms with Gasteiger partial charge in [-0.3, -0.25) is 4.90 Å². The van der Waals surface area contributed by atoms with Gasteiger partial charge in [-0.2, -0.15) is 0 Å². The fraction of sp³-hybridized carbons (Fsp3) is 0.889. The van der Waals surface area contributed by atoms with Gasteiger partial charge in [-0.15, -0.1) is 0 Å². The Kier molecular flexibility index (Phi) is 4.00. The van der Waals surface area contributed by atoms with E-state index in [1.807, 2.05) is 6.92 Å². The Morgan fingerprint density at radius 1 is 1.36 bits per heavy atom. The van der Waals surface area contributed by atoms with Gasteiger partial charge in [0.25, 0.3) is 0 Å². The molecule has 0 aliphatic carbocycles. The van der Waals surface area contributed by atoms with Crippen LogP contribution in [-0.4, -0.2) is 63.9 Å². The molecular weight excluding hydrogens is 186 g/mol. The Labute approximate surface area is 83.0 Å². The summed E-state index contributed by atoms with van der Waals surface area (Å²) in [4.78, 5) is 12.4. The SMILES string of the molecule is CCCN1CC(O)C(O)C(O)C1C=O. The molecule has 14 heavy (non-hydrogen) atoms. The van der Waals surface area contributed by atoms with Crippen LogP contribution in [-0.2, 0) is 4.79 Å². The first-order valence-corrected chi connectivity index (χ1v) is 4.85. The summed E-state index contributed by atoms with van der Waals surface area (Å²) in [5, 5.41) is 28.3. The van der Waals surface area contributed by atoms with Crippen molar-refractivity contribution in [3.8, 4) is 0 Å². The standard InChI is InChI=1S/C9H17NO4/c1-2-3-10-4-7(12)9(14)8(13)6(10)5-11/h5-9,12-14H,2-4H2,1H3. The zero-order valence-electron chi connectivity index (χ0n) is 8.21. The largest absolute Gasteiger partial charge is 0.389 e. The summed E-state index contributed by atoms with van der Waals surface area (Å²) >= 11 is 0. The number of carbonyl (C=O) groups is 1. The van der Waals surface area contributed by atoms with Gasteiger partial charge in [0.1, 0.15) is 18.5 Å². The minimum Gasteiger partial charge on any atom is -0.389 e. The zero-order valence-corrected chi connectivity index (χ0v) is 8.21. The fourth-order valence-corrected chi connectivity index (χ4v) is 1.81. The van der Waals surface area contributed by atoms with Crippen LogP contribution in [0.2, 0.25) is 0 Å². The molecule has 0 aromatic carbocycles. The third-order valence-electron chi connectivity index (χ3n) is 2.59. The Morgan fingerprint density at radius 2 is 2.00 bits per heavy atom. The van der Waals surface area contributed by atoms with Crippen molar-refractivity contribution < 1.29 is 20.1 Å². The van der Waals surface area contributed by atoms with Gasteiger partial charge in [-0.1, -0.05) is 6.92 Å². The first-order valence-electron chi connectivity index (χ1n) is 4.85. The highest BCUT2D eigenvalue weighted by molar-refractivity contribution is 5.59. The summed E-state index contributed by atoms with van der Waals surface area (Å²) in [5.74, 6) is 0. The lowest BCUT2D eigenvalue weighted by Crippen LogP contribution is -2.61. The van der Waals surface area contributed by atoms with Gasteiger partial charge < -0.3 is 20.1 Å². The average Bonchev–Trinajstić information content (AvgIpc) is 2.16. The molecule has 0 aromatic heterocycles. The second-order valence-electron chi connectivity index (χ2n) is 3.67. The lowest BCUT2D eigenvalue weighted by molar-refractivity contribution is -0.147. The molecule has 1 fully saturated rings. The molecule has 82 valence electrons. The number of β-amino-alcohol motifs (C(OH)–C–C–N with tert-alkyl or cyclic N) is 1. The smallest absolute Gasteiger partial charge is 0.139 e. The molecule has 0 bridgehead atoms. The van der Waals surface area contributed by atoms with E-state index in [9.17, 15) is 20.1 Å². The summed E-state index contributed by atoms with van der Waals surface area (Å²) < 4.78 is 0. The van der Waals surface area contributed by atoms with Crippen LogP contribution in [0.4, 0.5) is 0 Å². The van der Waals surface area contributed by atoms with E-state index in [-0.39, 0.29) is 6.54 Å². The van der Waals surface area contributed by atoms with Crippen molar-refractivity contribution in [3.05, 3.63) is 0 Å². The van der Waals surface area contributed by atoms with Gasteiger partial charge >= 0.3 is 0 Å². The van der Waals surface area contributed by atoms with Crippen LogP contribution in [0, 0.1) is 0 Å². The van der Waals surface area contributed by atoms with Crippen molar-refractivity contribution in [2.75, 3.05) is 13.1 Å². The number of aldehydes is 1. The third kappa shape index (κ3) is 2.12. The number of rotatable bonds is 3. The molecule has 5 heteroatoms. The molecule has 5 nitrogen and oxygen atoms in total. The molecule has 4 unspecified atom stereocenters. The van der Waals surface area contributed by atoms with Crippen LogP contribution in [0.1, 0.15) is 13.3 Å². The topological polar surface area (TPSA) is 81.0 Å². The molecule has 3 N–H and O–H groups in total. The summed E-state index contributed by atoms with van der Waals surface area (Å²) in [6, 6.07) is -0.701. The molecule has 1 aliphatic heterocycles. The zero-order chi connectivity index (χ0) is 10.7. The molecule has 0 saturated carbocycles. The number of hydrogen-bond donors (Lipinski definition) is 3. The highest BCUT2D eigenvalue weighted by Crippen LogP contribution is 2.17. The molecular formula is C9H17NO4. The lowest BCUT2D eigenvalue weighted by atomic mass is 9.94. The number of hydrogen-bond acceptors (Lipinski definition) is 5. The van der Waals surface area contributed by atoms with E-state index in [1.54, 1.807) is 4.90 Å². The molecule has 1 rings (SSSR count). The molecule has 1 aliphatic rings. The normalized spacial score (nSPS) is 39.7. The summed E-state index contributed by atoms with van der Waals surface area (Å²) in [6.45, 7) is 2.81. The number of aliphatic hydroxyl groups is 3. The van der Waals surface area contributed by atoms with Crippen molar-refractivity contribution in [1.82, 2.24) is 4.90 Å².